The van der Waals surface area contributed by atoms with Gasteiger partial charge in [-0.3, -0.25) is 0 Å². The van der Waals surface area contributed by atoms with Crippen LogP contribution in [0.2, 0.25) is 0 Å². The van der Waals surface area contributed by atoms with Crippen molar-refractivity contribution in [2.45, 2.75) is 32.6 Å². The number of carbonyl (C=O) groups excluding carboxylic acids is 1. The Labute approximate surface area is 108 Å². The highest BCUT2D eigenvalue weighted by Crippen LogP contribution is 2.17. The Bertz CT molecular complexity index is 423. The first-order valence-corrected chi connectivity index (χ1v) is 6.59. The number of aryl methyl sites for hydroxylation is 1. The molecule has 1 aromatic carbocycles. The molecule has 3 N–H and O–H groups in total. The lowest BCUT2D eigenvalue weighted by Gasteiger charge is -2.21. The quantitative estimate of drug-likeness (QED) is 0.749. The van der Waals surface area contributed by atoms with Gasteiger partial charge in [0, 0.05) is 24.5 Å². The summed E-state index contributed by atoms with van der Waals surface area (Å²) in [5.74, 6) is 0. The smallest absolute Gasteiger partial charge is 0.321 e. The van der Waals surface area contributed by atoms with Gasteiger partial charge in [-0.25, -0.2) is 4.79 Å². The maximum absolute atomic E-state index is 12.1. The predicted molar refractivity (Wildman–Crippen MR) is 74.7 cm³/mol. The van der Waals surface area contributed by atoms with Crippen molar-refractivity contribution in [3.8, 4) is 0 Å². The molecule has 0 radical (unpaired) electrons. The van der Waals surface area contributed by atoms with Gasteiger partial charge in [-0.05, 0) is 43.5 Å². The van der Waals surface area contributed by atoms with Crippen LogP contribution in [0.25, 0.3) is 0 Å². The molecular weight excluding hydrogens is 226 g/mol. The van der Waals surface area contributed by atoms with Crippen LogP contribution in [0.4, 0.5) is 16.2 Å². The van der Waals surface area contributed by atoms with Gasteiger partial charge in [-0.1, -0.05) is 12.8 Å². The molecule has 1 fully saturated rings. The Morgan fingerprint density at radius 1 is 1.22 bits per heavy atom. The summed E-state index contributed by atoms with van der Waals surface area (Å²) in [5.41, 5.74) is 8.32. The summed E-state index contributed by atoms with van der Waals surface area (Å²) in [5, 5.41) is 2.94. The summed E-state index contributed by atoms with van der Waals surface area (Å²) >= 11 is 0. The number of nitrogens with one attached hydrogen (secondary N) is 1. The SMILES string of the molecule is Cc1cc(NC(=O)N2CCCCCC2)ccc1N. The van der Waals surface area contributed by atoms with E-state index in [4.69, 9.17) is 5.73 Å². The van der Waals surface area contributed by atoms with Crippen LogP contribution in [-0.2, 0) is 0 Å². The summed E-state index contributed by atoms with van der Waals surface area (Å²) < 4.78 is 0. The van der Waals surface area contributed by atoms with Crippen LogP contribution >= 0.6 is 0 Å². The highest BCUT2D eigenvalue weighted by atomic mass is 16.2. The van der Waals surface area contributed by atoms with Crippen molar-refractivity contribution in [1.29, 1.82) is 0 Å². The van der Waals surface area contributed by atoms with Crippen LogP contribution in [0.5, 0.6) is 0 Å². The summed E-state index contributed by atoms with van der Waals surface area (Å²) in [6.07, 6.45) is 4.66. The second-order valence-corrected chi connectivity index (χ2v) is 4.90. The first kappa shape index (κ1) is 12.7. The standard InChI is InChI=1S/C14H21N3O/c1-11-10-12(6-7-13(11)15)16-14(18)17-8-4-2-3-5-9-17/h6-7,10H,2-5,8-9,15H2,1H3,(H,16,18). The van der Waals surface area contributed by atoms with Crippen molar-refractivity contribution in [3.05, 3.63) is 23.8 Å². The number of nitrogen functional groups attached to an aromatic ring is 1. The molecule has 0 aromatic heterocycles. The van der Waals surface area contributed by atoms with Crippen LogP contribution in [-0.4, -0.2) is 24.0 Å². The number of hydrogen-bond donors (Lipinski definition) is 2. The van der Waals surface area contributed by atoms with Crippen molar-refractivity contribution in [1.82, 2.24) is 4.90 Å². The number of carbonyl (C=O) groups is 1. The largest absolute Gasteiger partial charge is 0.399 e. The van der Waals surface area contributed by atoms with E-state index in [0.717, 1.165) is 42.9 Å². The van der Waals surface area contributed by atoms with E-state index in [0.29, 0.717) is 0 Å². The fourth-order valence-corrected chi connectivity index (χ4v) is 2.23. The highest BCUT2D eigenvalue weighted by Gasteiger charge is 2.15. The third-order valence-electron chi connectivity index (χ3n) is 3.41. The Kier molecular flexibility index (Phi) is 4.07. The van der Waals surface area contributed by atoms with Crippen molar-refractivity contribution < 1.29 is 4.79 Å². The molecular formula is C14H21N3O. The number of urea groups is 1. The molecule has 0 spiro atoms. The fourth-order valence-electron chi connectivity index (χ4n) is 2.23. The summed E-state index contributed by atoms with van der Waals surface area (Å²) in [6, 6.07) is 5.58. The third kappa shape index (κ3) is 3.15. The Balaban J connectivity index is 1.99. The molecule has 1 saturated heterocycles. The number of hydrogen-bond acceptors (Lipinski definition) is 2. The molecule has 1 aliphatic heterocycles. The summed E-state index contributed by atoms with van der Waals surface area (Å²) in [4.78, 5) is 14.0. The van der Waals surface area contributed by atoms with Gasteiger partial charge in [0.05, 0.1) is 0 Å². The molecule has 1 aromatic rings. The lowest BCUT2D eigenvalue weighted by Crippen LogP contribution is -2.35. The van der Waals surface area contributed by atoms with Crippen LogP contribution in [0.15, 0.2) is 18.2 Å². The van der Waals surface area contributed by atoms with Crippen molar-refractivity contribution in [2.75, 3.05) is 24.1 Å². The van der Waals surface area contributed by atoms with Gasteiger partial charge in [0.2, 0.25) is 0 Å². The molecule has 0 atom stereocenters. The zero-order valence-corrected chi connectivity index (χ0v) is 10.9. The molecule has 0 saturated carbocycles. The van der Waals surface area contributed by atoms with Crippen molar-refractivity contribution in [2.24, 2.45) is 0 Å². The van der Waals surface area contributed by atoms with E-state index >= 15 is 0 Å². The van der Waals surface area contributed by atoms with E-state index in [9.17, 15) is 4.79 Å². The monoisotopic (exact) mass is 247 g/mol. The van der Waals surface area contributed by atoms with E-state index in [1.165, 1.54) is 12.8 Å². The predicted octanol–water partition coefficient (Wildman–Crippen LogP) is 2.99. The molecule has 98 valence electrons. The van der Waals surface area contributed by atoms with E-state index in [1.807, 2.05) is 30.0 Å². The maximum atomic E-state index is 12.1. The fraction of sp³-hybridized carbons (Fsp3) is 0.500. The molecule has 1 heterocycles. The number of benzene rings is 1. The van der Waals surface area contributed by atoms with Crippen LogP contribution in [0, 0.1) is 6.92 Å². The molecule has 0 bridgehead atoms. The lowest BCUT2D eigenvalue weighted by molar-refractivity contribution is 0.214. The zero-order valence-electron chi connectivity index (χ0n) is 10.9. The Morgan fingerprint density at radius 2 is 1.89 bits per heavy atom. The van der Waals surface area contributed by atoms with Crippen LogP contribution in [0.3, 0.4) is 0 Å². The average Bonchev–Trinajstić information content (AvgIpc) is 2.62. The molecule has 2 rings (SSSR count). The topological polar surface area (TPSA) is 58.4 Å². The summed E-state index contributed by atoms with van der Waals surface area (Å²) in [6.45, 7) is 3.66. The second-order valence-electron chi connectivity index (χ2n) is 4.90. The van der Waals surface area contributed by atoms with Gasteiger partial charge in [-0.15, -0.1) is 0 Å². The first-order chi connectivity index (χ1) is 8.66. The molecule has 4 nitrogen and oxygen atoms in total. The lowest BCUT2D eigenvalue weighted by atomic mass is 10.2. The number of nitrogens with two attached hydrogens (primary N) is 1. The van der Waals surface area contributed by atoms with Gasteiger partial charge in [0.25, 0.3) is 0 Å². The van der Waals surface area contributed by atoms with Crippen LogP contribution < -0.4 is 11.1 Å². The number of anilines is 2. The molecule has 0 unspecified atom stereocenters. The van der Waals surface area contributed by atoms with E-state index in [-0.39, 0.29) is 6.03 Å². The second kappa shape index (κ2) is 5.76. The average molecular weight is 247 g/mol. The van der Waals surface area contributed by atoms with Crippen LogP contribution in [0.1, 0.15) is 31.2 Å². The number of amides is 2. The zero-order chi connectivity index (χ0) is 13.0. The van der Waals surface area contributed by atoms with Gasteiger partial charge in [-0.2, -0.15) is 0 Å². The number of rotatable bonds is 1. The summed E-state index contributed by atoms with van der Waals surface area (Å²) in [7, 11) is 0. The van der Waals surface area contributed by atoms with Gasteiger partial charge in [0.15, 0.2) is 0 Å². The molecule has 2 amide bonds. The van der Waals surface area contributed by atoms with Crippen molar-refractivity contribution in [3.63, 3.8) is 0 Å². The number of likely N-dealkylation sites (tertiary alicyclic amines) is 1. The Morgan fingerprint density at radius 3 is 2.50 bits per heavy atom. The minimum absolute atomic E-state index is 0.000992. The normalized spacial score (nSPS) is 16.2. The molecule has 18 heavy (non-hydrogen) atoms. The maximum Gasteiger partial charge on any atom is 0.321 e. The van der Waals surface area contributed by atoms with E-state index < -0.39 is 0 Å². The third-order valence-corrected chi connectivity index (χ3v) is 3.41. The Hall–Kier alpha value is -1.71. The molecule has 0 aliphatic carbocycles. The minimum Gasteiger partial charge on any atom is -0.399 e. The van der Waals surface area contributed by atoms with Gasteiger partial charge >= 0.3 is 6.03 Å². The number of nitrogens with zero attached hydrogens (tertiary/aromatic N) is 1. The van der Waals surface area contributed by atoms with E-state index in [2.05, 4.69) is 5.32 Å². The highest BCUT2D eigenvalue weighted by molar-refractivity contribution is 5.89. The van der Waals surface area contributed by atoms with E-state index in [1.54, 1.807) is 0 Å². The minimum atomic E-state index is 0.000992. The molecule has 1 aliphatic rings. The first-order valence-electron chi connectivity index (χ1n) is 6.59. The molecule has 4 heteroatoms. The van der Waals surface area contributed by atoms with Gasteiger partial charge in [0.1, 0.15) is 0 Å². The van der Waals surface area contributed by atoms with Gasteiger partial charge < -0.3 is 16.0 Å². The van der Waals surface area contributed by atoms with Crippen molar-refractivity contribution >= 4 is 17.4 Å².